The van der Waals surface area contributed by atoms with Crippen LogP contribution < -0.4 is 5.32 Å². The fourth-order valence-corrected chi connectivity index (χ4v) is 1.37. The van der Waals surface area contributed by atoms with E-state index >= 15 is 0 Å². The van der Waals surface area contributed by atoms with E-state index in [2.05, 4.69) is 10.5 Å². The van der Waals surface area contributed by atoms with E-state index in [0.717, 1.165) is 17.9 Å². The molecule has 0 saturated carbocycles. The molecule has 1 aromatic rings. The van der Waals surface area contributed by atoms with Crippen molar-refractivity contribution < 1.29 is 9.32 Å². The molecule has 1 saturated heterocycles. The van der Waals surface area contributed by atoms with Gasteiger partial charge in [-0.1, -0.05) is 5.16 Å². The highest BCUT2D eigenvalue weighted by atomic mass is 16.5. The largest absolute Gasteiger partial charge is 0.359 e. The molecular formula is C8H10N2O2. The molecule has 1 aromatic heterocycles. The first-order valence-electron chi connectivity index (χ1n) is 3.98. The van der Waals surface area contributed by atoms with E-state index in [9.17, 15) is 4.79 Å². The Morgan fingerprint density at radius 1 is 1.75 bits per heavy atom. The minimum absolute atomic E-state index is 0.0405. The highest BCUT2D eigenvalue weighted by Gasteiger charge is 2.25. The third-order valence-corrected chi connectivity index (χ3v) is 1.98. The zero-order valence-electron chi connectivity index (χ0n) is 6.83. The van der Waals surface area contributed by atoms with Crippen LogP contribution >= 0.6 is 0 Å². The van der Waals surface area contributed by atoms with Crippen LogP contribution in [-0.2, 0) is 4.79 Å². The average Bonchev–Trinajstić information content (AvgIpc) is 2.58. The minimum atomic E-state index is 0.0405. The van der Waals surface area contributed by atoms with Gasteiger partial charge in [0.1, 0.15) is 0 Å². The predicted molar refractivity (Wildman–Crippen MR) is 41.4 cm³/mol. The maximum atomic E-state index is 10.9. The average molecular weight is 166 g/mol. The molecule has 0 radical (unpaired) electrons. The van der Waals surface area contributed by atoms with Crippen molar-refractivity contribution in [2.24, 2.45) is 0 Å². The van der Waals surface area contributed by atoms with Gasteiger partial charge < -0.3 is 9.84 Å². The van der Waals surface area contributed by atoms with E-state index in [4.69, 9.17) is 4.52 Å². The maximum absolute atomic E-state index is 10.9. The lowest BCUT2D eigenvalue weighted by atomic mass is 10.2. The molecule has 4 heteroatoms. The molecule has 12 heavy (non-hydrogen) atoms. The van der Waals surface area contributed by atoms with Crippen LogP contribution in [0.15, 0.2) is 10.6 Å². The van der Waals surface area contributed by atoms with E-state index in [1.54, 1.807) is 0 Å². The first kappa shape index (κ1) is 7.34. The highest BCUT2D eigenvalue weighted by Crippen LogP contribution is 2.23. The molecule has 0 bridgehead atoms. The van der Waals surface area contributed by atoms with Gasteiger partial charge in [0.15, 0.2) is 5.76 Å². The van der Waals surface area contributed by atoms with Gasteiger partial charge in [-0.15, -0.1) is 0 Å². The summed E-state index contributed by atoms with van der Waals surface area (Å²) in [5, 5.41) is 6.57. The van der Waals surface area contributed by atoms with Crippen molar-refractivity contribution in [2.45, 2.75) is 25.8 Å². The Morgan fingerprint density at radius 3 is 3.08 bits per heavy atom. The van der Waals surface area contributed by atoms with Crippen LogP contribution in [-0.4, -0.2) is 11.1 Å². The molecule has 1 aliphatic heterocycles. The Bertz CT molecular complexity index is 306. The summed E-state index contributed by atoms with van der Waals surface area (Å²) in [4.78, 5) is 10.9. The van der Waals surface area contributed by atoms with Crippen molar-refractivity contribution in [3.8, 4) is 0 Å². The molecule has 0 aromatic carbocycles. The summed E-state index contributed by atoms with van der Waals surface area (Å²) in [6, 6.07) is 1.90. The predicted octanol–water partition coefficient (Wildman–Crippen LogP) is 0.934. The molecule has 0 aliphatic carbocycles. The SMILES string of the molecule is Cc1cc(C2CCC(=O)N2)on1. The molecular weight excluding hydrogens is 156 g/mol. The lowest BCUT2D eigenvalue weighted by Crippen LogP contribution is -2.17. The maximum Gasteiger partial charge on any atom is 0.220 e. The molecule has 64 valence electrons. The number of aryl methyl sites for hydroxylation is 1. The number of hydrogen-bond acceptors (Lipinski definition) is 3. The van der Waals surface area contributed by atoms with Gasteiger partial charge in [0, 0.05) is 12.5 Å². The second-order valence-corrected chi connectivity index (χ2v) is 3.03. The molecule has 2 heterocycles. The summed E-state index contributed by atoms with van der Waals surface area (Å²) in [7, 11) is 0. The molecule has 1 unspecified atom stereocenters. The molecule has 1 aliphatic rings. The number of nitrogens with zero attached hydrogens (tertiary/aromatic N) is 1. The number of carbonyl (C=O) groups is 1. The molecule has 1 N–H and O–H groups in total. The van der Waals surface area contributed by atoms with Gasteiger partial charge in [-0.3, -0.25) is 4.79 Å². The first-order chi connectivity index (χ1) is 5.75. The number of hydrogen-bond donors (Lipinski definition) is 1. The molecule has 1 amide bonds. The highest BCUT2D eigenvalue weighted by molar-refractivity contribution is 5.78. The van der Waals surface area contributed by atoms with Crippen molar-refractivity contribution in [3.05, 3.63) is 17.5 Å². The standard InChI is InChI=1S/C8H10N2O2/c1-5-4-7(12-10-5)6-2-3-8(11)9-6/h4,6H,2-3H2,1H3,(H,9,11). The van der Waals surface area contributed by atoms with Gasteiger partial charge in [0.05, 0.1) is 11.7 Å². The lowest BCUT2D eigenvalue weighted by molar-refractivity contribution is -0.119. The minimum Gasteiger partial charge on any atom is -0.359 e. The smallest absolute Gasteiger partial charge is 0.220 e. The summed E-state index contributed by atoms with van der Waals surface area (Å²) in [5.74, 6) is 0.854. The third-order valence-electron chi connectivity index (χ3n) is 1.98. The number of carbonyl (C=O) groups excluding carboxylic acids is 1. The molecule has 1 atom stereocenters. The normalized spacial score (nSPS) is 22.8. The second-order valence-electron chi connectivity index (χ2n) is 3.03. The van der Waals surface area contributed by atoms with Crippen molar-refractivity contribution in [1.29, 1.82) is 0 Å². The topological polar surface area (TPSA) is 55.1 Å². The lowest BCUT2D eigenvalue weighted by Gasteiger charge is -2.02. The van der Waals surface area contributed by atoms with E-state index in [-0.39, 0.29) is 11.9 Å². The van der Waals surface area contributed by atoms with Crippen molar-refractivity contribution in [1.82, 2.24) is 10.5 Å². The van der Waals surface area contributed by atoms with Crippen molar-refractivity contribution in [3.63, 3.8) is 0 Å². The van der Waals surface area contributed by atoms with Gasteiger partial charge in [-0.05, 0) is 13.3 Å². The summed E-state index contributed by atoms with van der Waals surface area (Å²) in [6.45, 7) is 1.86. The number of rotatable bonds is 1. The van der Waals surface area contributed by atoms with Crippen molar-refractivity contribution in [2.75, 3.05) is 0 Å². The number of nitrogens with one attached hydrogen (secondary N) is 1. The van der Waals surface area contributed by atoms with Gasteiger partial charge in [0.2, 0.25) is 5.91 Å². The van der Waals surface area contributed by atoms with Gasteiger partial charge >= 0.3 is 0 Å². The zero-order chi connectivity index (χ0) is 8.55. The van der Waals surface area contributed by atoms with Crippen LogP contribution in [0.25, 0.3) is 0 Å². The fraction of sp³-hybridized carbons (Fsp3) is 0.500. The monoisotopic (exact) mass is 166 g/mol. The van der Waals surface area contributed by atoms with Gasteiger partial charge in [-0.25, -0.2) is 0 Å². The Hall–Kier alpha value is -1.32. The molecule has 0 spiro atoms. The fourth-order valence-electron chi connectivity index (χ4n) is 1.37. The van der Waals surface area contributed by atoms with E-state index in [1.807, 2.05) is 13.0 Å². The van der Waals surface area contributed by atoms with Gasteiger partial charge in [0.25, 0.3) is 0 Å². The van der Waals surface area contributed by atoms with Gasteiger partial charge in [-0.2, -0.15) is 0 Å². The second kappa shape index (κ2) is 2.62. The van der Waals surface area contributed by atoms with Crippen LogP contribution in [0.2, 0.25) is 0 Å². The Balaban J connectivity index is 2.15. The Morgan fingerprint density at radius 2 is 2.58 bits per heavy atom. The van der Waals surface area contributed by atoms with E-state index in [0.29, 0.717) is 6.42 Å². The number of amides is 1. The quantitative estimate of drug-likeness (QED) is 0.675. The van der Waals surface area contributed by atoms with E-state index in [1.165, 1.54) is 0 Å². The van der Waals surface area contributed by atoms with Crippen LogP contribution in [0.1, 0.15) is 30.3 Å². The van der Waals surface area contributed by atoms with Crippen LogP contribution in [0.3, 0.4) is 0 Å². The van der Waals surface area contributed by atoms with Crippen LogP contribution in [0.5, 0.6) is 0 Å². The van der Waals surface area contributed by atoms with Crippen molar-refractivity contribution >= 4 is 5.91 Å². The summed E-state index contributed by atoms with van der Waals surface area (Å²) < 4.78 is 5.03. The molecule has 4 nitrogen and oxygen atoms in total. The molecule has 1 fully saturated rings. The molecule has 2 rings (SSSR count). The van der Waals surface area contributed by atoms with E-state index < -0.39 is 0 Å². The first-order valence-corrected chi connectivity index (χ1v) is 3.98. The Kier molecular flexibility index (Phi) is 1.60. The Labute approximate surface area is 69.9 Å². The summed E-state index contributed by atoms with van der Waals surface area (Å²) in [5.41, 5.74) is 0.853. The van der Waals surface area contributed by atoms with Crippen LogP contribution in [0, 0.1) is 6.92 Å². The zero-order valence-corrected chi connectivity index (χ0v) is 6.83. The third kappa shape index (κ3) is 1.20. The summed E-state index contributed by atoms with van der Waals surface area (Å²) >= 11 is 0. The van der Waals surface area contributed by atoms with Crippen LogP contribution in [0.4, 0.5) is 0 Å². The number of aromatic nitrogens is 1. The summed E-state index contributed by atoms with van der Waals surface area (Å²) in [6.07, 6.45) is 1.40.